The van der Waals surface area contributed by atoms with Crippen LogP contribution in [0.2, 0.25) is 0 Å². The summed E-state index contributed by atoms with van der Waals surface area (Å²) in [6.45, 7) is 0.807. The first-order chi connectivity index (χ1) is 12.8. The SMILES string of the molecule is N#Cc1ccccc1NC(=O)c1ccc(NCCC2=CCCCC2)nn1. The second-order valence-electron chi connectivity index (χ2n) is 6.20. The van der Waals surface area contributed by atoms with E-state index in [-0.39, 0.29) is 11.6 Å². The molecule has 0 bridgehead atoms. The van der Waals surface area contributed by atoms with E-state index in [4.69, 9.17) is 5.26 Å². The Morgan fingerprint density at radius 1 is 1.15 bits per heavy atom. The average molecular weight is 347 g/mol. The van der Waals surface area contributed by atoms with Crippen LogP contribution in [0.1, 0.15) is 48.2 Å². The molecule has 1 aromatic heterocycles. The molecule has 0 spiro atoms. The summed E-state index contributed by atoms with van der Waals surface area (Å²) in [6, 6.07) is 12.3. The van der Waals surface area contributed by atoms with Crippen molar-refractivity contribution >= 4 is 17.4 Å². The first kappa shape index (κ1) is 17.6. The molecule has 3 rings (SSSR count). The largest absolute Gasteiger partial charge is 0.368 e. The number of carbonyl (C=O) groups excluding carboxylic acids is 1. The number of para-hydroxylation sites is 1. The molecule has 2 aromatic rings. The average Bonchev–Trinajstić information content (AvgIpc) is 2.70. The highest BCUT2D eigenvalue weighted by molar-refractivity contribution is 6.03. The number of allylic oxidation sites excluding steroid dienone is 1. The van der Waals surface area contributed by atoms with E-state index in [0.717, 1.165) is 13.0 Å². The fraction of sp³-hybridized carbons (Fsp3) is 0.300. The standard InChI is InChI=1S/C20H21N5O/c21-14-16-8-4-5-9-17(16)23-20(26)18-10-11-19(25-24-18)22-13-12-15-6-2-1-3-7-15/h4-6,8-11H,1-3,7,12-13H2,(H,22,25)(H,23,26). The topological polar surface area (TPSA) is 90.7 Å². The number of rotatable bonds is 6. The Morgan fingerprint density at radius 3 is 2.77 bits per heavy atom. The number of carbonyl (C=O) groups is 1. The Kier molecular flexibility index (Phi) is 5.94. The normalized spacial score (nSPS) is 13.4. The predicted octanol–water partition coefficient (Wildman–Crippen LogP) is 3.90. The van der Waals surface area contributed by atoms with Gasteiger partial charge in [0, 0.05) is 6.54 Å². The van der Waals surface area contributed by atoms with Crippen LogP contribution in [0.3, 0.4) is 0 Å². The van der Waals surface area contributed by atoms with Crippen LogP contribution < -0.4 is 10.6 Å². The third-order valence-electron chi connectivity index (χ3n) is 4.33. The van der Waals surface area contributed by atoms with Gasteiger partial charge in [0.05, 0.1) is 11.3 Å². The molecule has 2 N–H and O–H groups in total. The Morgan fingerprint density at radius 2 is 2.04 bits per heavy atom. The lowest BCUT2D eigenvalue weighted by Gasteiger charge is -2.13. The second-order valence-corrected chi connectivity index (χ2v) is 6.20. The maximum atomic E-state index is 12.3. The lowest BCUT2D eigenvalue weighted by Crippen LogP contribution is -2.15. The molecule has 6 heteroatoms. The monoisotopic (exact) mass is 347 g/mol. The molecule has 26 heavy (non-hydrogen) atoms. The Hall–Kier alpha value is -3.20. The highest BCUT2D eigenvalue weighted by atomic mass is 16.1. The van der Waals surface area contributed by atoms with Crippen LogP contribution >= 0.6 is 0 Å². The van der Waals surface area contributed by atoms with Gasteiger partial charge in [-0.15, -0.1) is 10.2 Å². The highest BCUT2D eigenvalue weighted by Gasteiger charge is 2.11. The first-order valence-corrected chi connectivity index (χ1v) is 8.82. The summed E-state index contributed by atoms with van der Waals surface area (Å²) in [5.74, 6) is 0.259. The van der Waals surface area contributed by atoms with Crippen molar-refractivity contribution in [3.8, 4) is 6.07 Å². The van der Waals surface area contributed by atoms with Gasteiger partial charge in [0.2, 0.25) is 0 Å². The van der Waals surface area contributed by atoms with Gasteiger partial charge in [-0.25, -0.2) is 0 Å². The van der Waals surface area contributed by atoms with E-state index in [1.165, 1.54) is 31.3 Å². The molecule has 132 valence electrons. The third kappa shape index (κ3) is 4.67. The number of nitrogens with one attached hydrogen (secondary N) is 2. The van der Waals surface area contributed by atoms with Gasteiger partial charge in [-0.1, -0.05) is 23.8 Å². The Labute approximate surface area is 153 Å². The van der Waals surface area contributed by atoms with E-state index in [1.54, 1.807) is 36.4 Å². The number of aromatic nitrogens is 2. The zero-order valence-corrected chi connectivity index (χ0v) is 14.5. The van der Waals surface area contributed by atoms with Crippen LogP contribution in [0.5, 0.6) is 0 Å². The van der Waals surface area contributed by atoms with Crippen LogP contribution in [0, 0.1) is 11.3 Å². The molecule has 1 aliphatic carbocycles. The van der Waals surface area contributed by atoms with Crippen molar-refractivity contribution in [3.05, 3.63) is 59.3 Å². The van der Waals surface area contributed by atoms with E-state index in [2.05, 4.69) is 26.9 Å². The molecular formula is C20H21N5O. The van der Waals surface area contributed by atoms with Crippen molar-refractivity contribution in [2.24, 2.45) is 0 Å². The van der Waals surface area contributed by atoms with Crippen molar-refractivity contribution in [1.82, 2.24) is 10.2 Å². The molecule has 0 saturated carbocycles. The maximum Gasteiger partial charge on any atom is 0.276 e. The molecule has 1 amide bonds. The van der Waals surface area contributed by atoms with E-state index < -0.39 is 0 Å². The smallest absolute Gasteiger partial charge is 0.276 e. The molecule has 0 atom stereocenters. The van der Waals surface area contributed by atoms with Crippen LogP contribution in [0.4, 0.5) is 11.5 Å². The molecular weight excluding hydrogens is 326 g/mol. The second kappa shape index (κ2) is 8.77. The quantitative estimate of drug-likeness (QED) is 0.773. The van der Waals surface area contributed by atoms with Gasteiger partial charge in [0.1, 0.15) is 11.9 Å². The van der Waals surface area contributed by atoms with E-state index >= 15 is 0 Å². The van der Waals surface area contributed by atoms with Gasteiger partial charge in [0.25, 0.3) is 5.91 Å². The van der Waals surface area contributed by atoms with Crippen molar-refractivity contribution < 1.29 is 4.79 Å². The van der Waals surface area contributed by atoms with Gasteiger partial charge < -0.3 is 10.6 Å². The predicted molar refractivity (Wildman–Crippen MR) is 101 cm³/mol. The zero-order valence-electron chi connectivity index (χ0n) is 14.5. The maximum absolute atomic E-state index is 12.3. The molecule has 0 unspecified atom stereocenters. The number of nitrogens with zero attached hydrogens (tertiary/aromatic N) is 3. The van der Waals surface area contributed by atoms with Gasteiger partial charge in [0.15, 0.2) is 5.69 Å². The molecule has 1 aliphatic rings. The van der Waals surface area contributed by atoms with Gasteiger partial charge in [-0.2, -0.15) is 5.26 Å². The fourth-order valence-corrected chi connectivity index (χ4v) is 2.91. The summed E-state index contributed by atoms with van der Waals surface area (Å²) in [5, 5.41) is 23.0. The summed E-state index contributed by atoms with van der Waals surface area (Å²) in [4.78, 5) is 12.3. The van der Waals surface area contributed by atoms with Crippen LogP contribution in [0.15, 0.2) is 48.0 Å². The third-order valence-corrected chi connectivity index (χ3v) is 4.33. The van der Waals surface area contributed by atoms with Crippen LogP contribution in [0.25, 0.3) is 0 Å². The van der Waals surface area contributed by atoms with Crippen molar-refractivity contribution in [2.75, 3.05) is 17.2 Å². The molecule has 0 saturated heterocycles. The number of amides is 1. The van der Waals surface area contributed by atoms with Gasteiger partial charge >= 0.3 is 0 Å². The minimum atomic E-state index is -0.390. The van der Waals surface area contributed by atoms with E-state index in [0.29, 0.717) is 17.1 Å². The van der Waals surface area contributed by atoms with Gasteiger partial charge in [-0.3, -0.25) is 4.79 Å². The molecule has 0 radical (unpaired) electrons. The Balaban J connectivity index is 1.54. The summed E-state index contributed by atoms with van der Waals surface area (Å²) < 4.78 is 0. The lowest BCUT2D eigenvalue weighted by atomic mass is 9.97. The minimum absolute atomic E-state index is 0.207. The first-order valence-electron chi connectivity index (χ1n) is 8.82. The van der Waals surface area contributed by atoms with E-state index in [1.807, 2.05) is 6.07 Å². The fourth-order valence-electron chi connectivity index (χ4n) is 2.91. The molecule has 0 aliphatic heterocycles. The molecule has 6 nitrogen and oxygen atoms in total. The number of anilines is 2. The van der Waals surface area contributed by atoms with Crippen molar-refractivity contribution in [2.45, 2.75) is 32.1 Å². The lowest BCUT2D eigenvalue weighted by molar-refractivity contribution is 0.102. The number of benzene rings is 1. The number of nitriles is 1. The number of hydrogen-bond acceptors (Lipinski definition) is 5. The Bertz CT molecular complexity index is 836. The molecule has 1 aromatic carbocycles. The zero-order chi connectivity index (χ0) is 18.2. The summed E-state index contributed by atoms with van der Waals surface area (Å²) in [5.41, 5.74) is 2.58. The summed E-state index contributed by atoms with van der Waals surface area (Å²) >= 11 is 0. The van der Waals surface area contributed by atoms with Crippen LogP contribution in [-0.4, -0.2) is 22.6 Å². The van der Waals surface area contributed by atoms with Gasteiger partial charge in [-0.05, 0) is 56.4 Å². The van der Waals surface area contributed by atoms with Crippen molar-refractivity contribution in [3.63, 3.8) is 0 Å². The molecule has 1 heterocycles. The van der Waals surface area contributed by atoms with Crippen LogP contribution in [-0.2, 0) is 0 Å². The summed E-state index contributed by atoms with van der Waals surface area (Å²) in [7, 11) is 0. The van der Waals surface area contributed by atoms with Crippen molar-refractivity contribution in [1.29, 1.82) is 5.26 Å². The number of hydrogen-bond donors (Lipinski definition) is 2. The molecule has 0 fully saturated rings. The minimum Gasteiger partial charge on any atom is -0.368 e. The summed E-state index contributed by atoms with van der Waals surface area (Å²) in [6.07, 6.45) is 8.30. The highest BCUT2D eigenvalue weighted by Crippen LogP contribution is 2.20. The van der Waals surface area contributed by atoms with E-state index in [9.17, 15) is 4.79 Å².